The van der Waals surface area contributed by atoms with Gasteiger partial charge in [0, 0.05) is 45.0 Å². The minimum atomic E-state index is -0.189. The fraction of sp³-hybridized carbons (Fsp3) is 0.227. The molecule has 230 valence electrons. The Morgan fingerprint density at radius 3 is 1.77 bits per heavy atom. The molecule has 2 heterocycles. The zero-order chi connectivity index (χ0) is 32.5. The predicted octanol–water partition coefficient (Wildman–Crippen LogP) is 10.1. The summed E-state index contributed by atoms with van der Waals surface area (Å²) in [7, 11) is 0. The Balaban J connectivity index is 1.45. The molecule has 0 unspecified atom stereocenters. The van der Waals surface area contributed by atoms with Crippen LogP contribution in [0.15, 0.2) is 138 Å². The highest BCUT2D eigenvalue weighted by atomic mass is 15.2. The van der Waals surface area contributed by atoms with Crippen molar-refractivity contribution in [1.29, 1.82) is 0 Å². The molecule has 5 aromatic rings. The van der Waals surface area contributed by atoms with E-state index in [9.17, 15) is 0 Å². The minimum absolute atomic E-state index is 0.0421. The number of nitrogens with zero attached hydrogens (tertiary/aromatic N) is 2. The molecule has 0 aromatic heterocycles. The largest absolute Gasteiger partial charge is 0.311 e. The number of hydrogen-bond donors (Lipinski definition) is 0. The predicted molar refractivity (Wildman–Crippen MR) is 201 cm³/mol. The Bertz CT molecular complexity index is 2180. The third-order valence-electron chi connectivity index (χ3n) is 11.3. The zero-order valence-electron chi connectivity index (χ0n) is 28.5. The van der Waals surface area contributed by atoms with Crippen molar-refractivity contribution in [3.63, 3.8) is 0 Å². The number of hydrogen-bond acceptors (Lipinski definition) is 2. The van der Waals surface area contributed by atoms with Crippen LogP contribution in [-0.2, 0) is 10.8 Å². The topological polar surface area (TPSA) is 6.48 Å². The van der Waals surface area contributed by atoms with Gasteiger partial charge >= 0.3 is 0 Å². The second-order valence-corrected chi connectivity index (χ2v) is 15.8. The molecular weight excluding hydrogens is 567 g/mol. The monoisotopic (exact) mass is 608 g/mol. The molecule has 0 fully saturated rings. The molecule has 3 heteroatoms. The summed E-state index contributed by atoms with van der Waals surface area (Å²) in [6.45, 7) is 17.0. The van der Waals surface area contributed by atoms with Gasteiger partial charge in [-0.05, 0) is 86.6 Å². The molecule has 5 aromatic carbocycles. The number of para-hydroxylation sites is 3. The van der Waals surface area contributed by atoms with Crippen molar-refractivity contribution in [3.05, 3.63) is 155 Å². The van der Waals surface area contributed by atoms with Gasteiger partial charge in [-0.15, -0.1) is 0 Å². The van der Waals surface area contributed by atoms with Crippen LogP contribution in [0.25, 0.3) is 5.57 Å². The molecule has 2 aliphatic heterocycles. The lowest BCUT2D eigenvalue weighted by atomic mass is 9.30. The third-order valence-corrected chi connectivity index (χ3v) is 11.3. The number of allylic oxidation sites excluding steroid dienone is 3. The molecule has 4 aliphatic rings. The lowest BCUT2D eigenvalue weighted by molar-refractivity contribution is 0.590. The molecule has 0 N–H and O–H groups in total. The van der Waals surface area contributed by atoms with Crippen LogP contribution in [0.1, 0.15) is 65.2 Å². The molecule has 0 bridgehead atoms. The van der Waals surface area contributed by atoms with E-state index >= 15 is 0 Å². The lowest BCUT2D eigenvalue weighted by Gasteiger charge is -2.48. The van der Waals surface area contributed by atoms with Crippen LogP contribution in [0, 0.1) is 5.41 Å². The molecule has 0 radical (unpaired) electrons. The Morgan fingerprint density at radius 1 is 0.553 bits per heavy atom. The molecule has 0 saturated carbocycles. The van der Waals surface area contributed by atoms with Crippen molar-refractivity contribution in [3.8, 4) is 0 Å². The zero-order valence-corrected chi connectivity index (χ0v) is 28.5. The summed E-state index contributed by atoms with van der Waals surface area (Å²) < 4.78 is 0. The molecule has 2 nitrogen and oxygen atoms in total. The number of benzene rings is 5. The third kappa shape index (κ3) is 3.69. The first-order chi connectivity index (χ1) is 22.5. The van der Waals surface area contributed by atoms with Gasteiger partial charge in [0.15, 0.2) is 0 Å². The Hall–Kier alpha value is -4.76. The van der Waals surface area contributed by atoms with Gasteiger partial charge in [-0.3, -0.25) is 0 Å². The van der Waals surface area contributed by atoms with Gasteiger partial charge in [0.25, 0.3) is 0 Å². The first-order valence-corrected chi connectivity index (χ1v) is 17.1. The number of rotatable bonds is 2. The van der Waals surface area contributed by atoms with Crippen molar-refractivity contribution in [1.82, 2.24) is 0 Å². The van der Waals surface area contributed by atoms with Crippen LogP contribution in [0.2, 0.25) is 0 Å². The quantitative estimate of drug-likeness (QED) is 0.184. The van der Waals surface area contributed by atoms with Gasteiger partial charge in [0.1, 0.15) is 0 Å². The van der Waals surface area contributed by atoms with E-state index < -0.39 is 0 Å². The van der Waals surface area contributed by atoms with Gasteiger partial charge in [0.05, 0.1) is 0 Å². The van der Waals surface area contributed by atoms with Crippen molar-refractivity contribution in [2.45, 2.75) is 59.3 Å². The van der Waals surface area contributed by atoms with Crippen molar-refractivity contribution in [2.75, 3.05) is 9.80 Å². The van der Waals surface area contributed by atoms with Crippen LogP contribution in [0.5, 0.6) is 0 Å². The number of fused-ring (bicyclic) bond motifs is 6. The minimum Gasteiger partial charge on any atom is -0.311 e. The van der Waals surface area contributed by atoms with Crippen LogP contribution < -0.4 is 20.7 Å². The first kappa shape index (κ1) is 28.5. The van der Waals surface area contributed by atoms with Crippen LogP contribution in [0.3, 0.4) is 0 Å². The maximum Gasteiger partial charge on any atom is 0.248 e. The SMILES string of the molecule is CC1(C)C2=C(C3=C1c1ccccc1C3(C)C)N(c1ccccc1)c1cc(C(C)(C)C)cc3c1B2c1ccccc1N3c1ccccc1. The smallest absolute Gasteiger partial charge is 0.248 e. The van der Waals surface area contributed by atoms with Crippen molar-refractivity contribution >= 4 is 51.6 Å². The highest BCUT2D eigenvalue weighted by molar-refractivity contribution is 6.95. The van der Waals surface area contributed by atoms with Gasteiger partial charge in [0.2, 0.25) is 6.71 Å². The fourth-order valence-electron chi connectivity index (χ4n) is 9.25. The van der Waals surface area contributed by atoms with E-state index in [1.165, 1.54) is 78.4 Å². The standard InChI is InChI=1S/C44H41BN2/c1-42(2,3)28-26-35-39-36(27-28)47(30-20-12-9-13-21-30)40-38-37(31-22-14-15-23-32(31)43(38,4)5)44(6,7)41(40)45(39)33-24-16-17-25-34(33)46(35)29-18-10-8-11-19-29/h8-27H,1-7H3. The molecule has 0 saturated heterocycles. The summed E-state index contributed by atoms with van der Waals surface area (Å²) in [4.78, 5) is 5.17. The maximum atomic E-state index is 2.65. The van der Waals surface area contributed by atoms with Gasteiger partial charge in [-0.2, -0.15) is 0 Å². The van der Waals surface area contributed by atoms with E-state index in [0.717, 1.165) is 0 Å². The van der Waals surface area contributed by atoms with Crippen molar-refractivity contribution in [2.24, 2.45) is 5.41 Å². The fourth-order valence-corrected chi connectivity index (χ4v) is 9.25. The molecule has 0 atom stereocenters. The van der Waals surface area contributed by atoms with E-state index in [1.807, 2.05) is 0 Å². The summed E-state index contributed by atoms with van der Waals surface area (Å²) in [6, 6.07) is 45.4. The van der Waals surface area contributed by atoms with E-state index in [0.29, 0.717) is 0 Å². The van der Waals surface area contributed by atoms with Crippen LogP contribution >= 0.6 is 0 Å². The van der Waals surface area contributed by atoms with Gasteiger partial charge in [-0.1, -0.05) is 133 Å². The lowest BCUT2D eigenvalue weighted by Crippen LogP contribution is -2.58. The molecule has 0 spiro atoms. The molecule has 2 aliphatic carbocycles. The van der Waals surface area contributed by atoms with Crippen molar-refractivity contribution < 1.29 is 0 Å². The summed E-state index contributed by atoms with van der Waals surface area (Å²) >= 11 is 0. The van der Waals surface area contributed by atoms with Gasteiger partial charge in [-0.25, -0.2) is 0 Å². The highest BCUT2D eigenvalue weighted by Crippen LogP contribution is 2.65. The summed E-state index contributed by atoms with van der Waals surface area (Å²) in [5, 5.41) is 0. The second kappa shape index (κ2) is 9.41. The molecule has 0 amide bonds. The highest BCUT2D eigenvalue weighted by Gasteiger charge is 2.58. The Morgan fingerprint density at radius 2 is 1.11 bits per heavy atom. The maximum absolute atomic E-state index is 2.65. The van der Waals surface area contributed by atoms with Gasteiger partial charge < -0.3 is 9.80 Å². The van der Waals surface area contributed by atoms with Crippen LogP contribution in [0.4, 0.5) is 28.4 Å². The molecule has 47 heavy (non-hydrogen) atoms. The van der Waals surface area contributed by atoms with Crippen LogP contribution in [-0.4, -0.2) is 6.71 Å². The Labute approximate surface area is 280 Å². The number of anilines is 5. The average Bonchev–Trinajstić information content (AvgIpc) is 3.46. The summed E-state index contributed by atoms with van der Waals surface area (Å²) in [5.74, 6) is 0. The summed E-state index contributed by atoms with van der Waals surface area (Å²) in [6.07, 6.45) is 0. The first-order valence-electron chi connectivity index (χ1n) is 17.1. The second-order valence-electron chi connectivity index (χ2n) is 15.8. The van der Waals surface area contributed by atoms with E-state index in [1.54, 1.807) is 0 Å². The van der Waals surface area contributed by atoms with E-state index in [-0.39, 0.29) is 23.0 Å². The molecular formula is C44H41BN2. The normalized spacial score (nSPS) is 18.1. The average molecular weight is 609 g/mol. The van der Waals surface area contributed by atoms with E-state index in [4.69, 9.17) is 0 Å². The molecule has 9 rings (SSSR count). The van der Waals surface area contributed by atoms with E-state index in [2.05, 4.69) is 180 Å². The Kier molecular flexibility index (Phi) is 5.70. The summed E-state index contributed by atoms with van der Waals surface area (Å²) in [5.41, 5.74) is 18.8.